The fourth-order valence-corrected chi connectivity index (χ4v) is 1.33. The number of hydrogen-bond acceptors (Lipinski definition) is 4. The summed E-state index contributed by atoms with van der Waals surface area (Å²) in [5, 5.41) is 2.65. The number of anilines is 1. The second-order valence-corrected chi connectivity index (χ2v) is 4.62. The van der Waals surface area contributed by atoms with Crippen molar-refractivity contribution in [3.05, 3.63) is 18.0 Å². The van der Waals surface area contributed by atoms with Crippen molar-refractivity contribution in [3.63, 3.8) is 0 Å². The van der Waals surface area contributed by atoms with E-state index in [2.05, 4.69) is 5.32 Å². The maximum atomic E-state index is 11.7. The maximum absolute atomic E-state index is 11.7. The molecule has 0 aromatic carbocycles. The molecular weight excluding hydrogens is 234 g/mol. The van der Waals surface area contributed by atoms with Gasteiger partial charge >= 0.3 is 5.97 Å². The van der Waals surface area contributed by atoms with Gasteiger partial charge in [-0.25, -0.2) is 4.79 Å². The van der Waals surface area contributed by atoms with Crippen LogP contribution in [0.15, 0.2) is 12.3 Å². The second kappa shape index (κ2) is 5.22. The predicted octanol–water partition coefficient (Wildman–Crippen LogP) is 0.878. The van der Waals surface area contributed by atoms with Gasteiger partial charge in [-0.2, -0.15) is 0 Å². The first-order valence-corrected chi connectivity index (χ1v) is 5.69. The molecule has 1 aromatic heterocycles. The van der Waals surface area contributed by atoms with Gasteiger partial charge in [0.1, 0.15) is 5.69 Å². The molecule has 0 unspecified atom stereocenters. The number of aromatic nitrogens is 1. The third-order valence-electron chi connectivity index (χ3n) is 2.33. The van der Waals surface area contributed by atoms with Crippen molar-refractivity contribution in [2.45, 2.75) is 26.3 Å². The van der Waals surface area contributed by atoms with Crippen LogP contribution in [0.2, 0.25) is 0 Å². The number of nitrogens with two attached hydrogens (primary N) is 1. The molecule has 6 heteroatoms. The van der Waals surface area contributed by atoms with Gasteiger partial charge in [0, 0.05) is 13.2 Å². The molecule has 100 valence electrons. The molecule has 6 nitrogen and oxygen atoms in total. The Bertz CT molecular complexity index is 458. The molecule has 0 fully saturated rings. The van der Waals surface area contributed by atoms with Gasteiger partial charge in [-0.1, -0.05) is 0 Å². The van der Waals surface area contributed by atoms with E-state index >= 15 is 0 Å². The van der Waals surface area contributed by atoms with Crippen LogP contribution in [-0.2, 0) is 16.6 Å². The van der Waals surface area contributed by atoms with Crippen molar-refractivity contribution >= 4 is 17.6 Å². The van der Waals surface area contributed by atoms with Gasteiger partial charge in [-0.05, 0) is 26.8 Å². The van der Waals surface area contributed by atoms with Crippen LogP contribution in [0, 0.1) is 0 Å². The Kier molecular flexibility index (Phi) is 4.13. The molecule has 0 spiro atoms. The summed E-state index contributed by atoms with van der Waals surface area (Å²) in [5.41, 5.74) is 5.59. The summed E-state index contributed by atoms with van der Waals surface area (Å²) in [7, 11) is 1.70. The molecule has 1 amide bonds. The van der Waals surface area contributed by atoms with Crippen LogP contribution in [0.3, 0.4) is 0 Å². The van der Waals surface area contributed by atoms with Crippen molar-refractivity contribution in [3.8, 4) is 0 Å². The molecule has 3 N–H and O–H groups in total. The molecule has 1 aromatic rings. The van der Waals surface area contributed by atoms with E-state index in [0.29, 0.717) is 18.0 Å². The highest BCUT2D eigenvalue weighted by Crippen LogP contribution is 2.15. The van der Waals surface area contributed by atoms with Crippen LogP contribution in [0.1, 0.15) is 31.3 Å². The molecule has 0 bridgehead atoms. The van der Waals surface area contributed by atoms with Crippen molar-refractivity contribution in [1.29, 1.82) is 0 Å². The SMILES string of the molecule is CCOC(=O)c1cc(NC(=O)C(C)(C)N)cn1C. The van der Waals surface area contributed by atoms with Crippen molar-refractivity contribution in [2.24, 2.45) is 12.8 Å². The number of rotatable bonds is 4. The molecule has 0 saturated heterocycles. The van der Waals surface area contributed by atoms with E-state index < -0.39 is 11.5 Å². The lowest BCUT2D eigenvalue weighted by Gasteiger charge is -2.16. The average molecular weight is 253 g/mol. The van der Waals surface area contributed by atoms with Gasteiger partial charge in [0.05, 0.1) is 17.8 Å². The van der Waals surface area contributed by atoms with E-state index in [0.717, 1.165) is 0 Å². The summed E-state index contributed by atoms with van der Waals surface area (Å²) in [6, 6.07) is 1.56. The smallest absolute Gasteiger partial charge is 0.355 e. The lowest BCUT2D eigenvalue weighted by Crippen LogP contribution is -2.45. The lowest BCUT2D eigenvalue weighted by atomic mass is 10.1. The minimum atomic E-state index is -0.972. The van der Waals surface area contributed by atoms with Gasteiger partial charge < -0.3 is 20.4 Å². The summed E-state index contributed by atoms with van der Waals surface area (Å²) in [6.07, 6.45) is 1.63. The molecule has 18 heavy (non-hydrogen) atoms. The highest BCUT2D eigenvalue weighted by molar-refractivity contribution is 5.98. The highest BCUT2D eigenvalue weighted by atomic mass is 16.5. The Morgan fingerprint density at radius 3 is 2.61 bits per heavy atom. The summed E-state index contributed by atoms with van der Waals surface area (Å²) in [5.74, 6) is -0.740. The van der Waals surface area contributed by atoms with E-state index in [1.165, 1.54) is 0 Å². The number of amides is 1. The molecule has 0 radical (unpaired) electrons. The summed E-state index contributed by atoms with van der Waals surface area (Å²) < 4.78 is 6.49. The minimum Gasteiger partial charge on any atom is -0.461 e. The zero-order valence-corrected chi connectivity index (χ0v) is 11.1. The molecule has 0 saturated carbocycles. The first-order chi connectivity index (χ1) is 8.25. The zero-order chi connectivity index (χ0) is 13.9. The van der Waals surface area contributed by atoms with Crippen LogP contribution in [-0.4, -0.2) is 28.6 Å². The number of carbonyl (C=O) groups excluding carboxylic acids is 2. The van der Waals surface area contributed by atoms with E-state index in [1.807, 2.05) is 0 Å². The first-order valence-electron chi connectivity index (χ1n) is 5.69. The molecule has 0 aliphatic carbocycles. The van der Waals surface area contributed by atoms with Crippen LogP contribution in [0.25, 0.3) is 0 Å². The van der Waals surface area contributed by atoms with Gasteiger partial charge in [0.25, 0.3) is 0 Å². The highest BCUT2D eigenvalue weighted by Gasteiger charge is 2.23. The van der Waals surface area contributed by atoms with Crippen molar-refractivity contribution < 1.29 is 14.3 Å². The fraction of sp³-hybridized carbons (Fsp3) is 0.500. The number of hydrogen-bond donors (Lipinski definition) is 2. The molecule has 0 aliphatic heterocycles. The summed E-state index contributed by atoms with van der Waals surface area (Å²) >= 11 is 0. The van der Waals surface area contributed by atoms with E-state index in [4.69, 9.17) is 10.5 Å². The van der Waals surface area contributed by atoms with Crippen LogP contribution < -0.4 is 11.1 Å². The monoisotopic (exact) mass is 253 g/mol. The normalized spacial score (nSPS) is 11.2. The third-order valence-corrected chi connectivity index (χ3v) is 2.33. The number of nitrogens with one attached hydrogen (secondary N) is 1. The van der Waals surface area contributed by atoms with Crippen molar-refractivity contribution in [1.82, 2.24) is 4.57 Å². The Morgan fingerprint density at radius 2 is 2.11 bits per heavy atom. The Hall–Kier alpha value is -1.82. The molecule has 1 rings (SSSR count). The Balaban J connectivity index is 2.85. The van der Waals surface area contributed by atoms with Gasteiger partial charge in [-0.3, -0.25) is 4.79 Å². The topological polar surface area (TPSA) is 86.3 Å². The third kappa shape index (κ3) is 3.33. The summed E-state index contributed by atoms with van der Waals surface area (Å²) in [4.78, 5) is 23.3. The standard InChI is InChI=1S/C12H19N3O3/c1-5-18-10(16)9-6-8(7-15(9)4)14-11(17)12(2,3)13/h6-7H,5,13H2,1-4H3,(H,14,17). The quantitative estimate of drug-likeness (QED) is 0.780. The van der Waals surface area contributed by atoms with Crippen LogP contribution >= 0.6 is 0 Å². The number of aryl methyl sites for hydroxylation is 1. The molecule has 0 atom stereocenters. The maximum Gasteiger partial charge on any atom is 0.355 e. The van der Waals surface area contributed by atoms with Crippen LogP contribution in [0.5, 0.6) is 0 Å². The zero-order valence-electron chi connectivity index (χ0n) is 11.1. The number of ether oxygens (including phenoxy) is 1. The van der Waals surface area contributed by atoms with Gasteiger partial charge in [-0.15, -0.1) is 0 Å². The van der Waals surface area contributed by atoms with Crippen molar-refractivity contribution in [2.75, 3.05) is 11.9 Å². The predicted molar refractivity (Wildman–Crippen MR) is 68.3 cm³/mol. The first kappa shape index (κ1) is 14.2. The molecular formula is C12H19N3O3. The number of nitrogens with zero attached hydrogens (tertiary/aromatic N) is 1. The lowest BCUT2D eigenvalue weighted by molar-refractivity contribution is -0.120. The van der Waals surface area contributed by atoms with Gasteiger partial charge in [0.15, 0.2) is 0 Å². The second-order valence-electron chi connectivity index (χ2n) is 4.62. The number of esters is 1. The largest absolute Gasteiger partial charge is 0.461 e. The average Bonchev–Trinajstić information content (AvgIpc) is 2.58. The summed E-state index contributed by atoms with van der Waals surface area (Å²) in [6.45, 7) is 5.26. The van der Waals surface area contributed by atoms with Crippen LogP contribution in [0.4, 0.5) is 5.69 Å². The minimum absolute atomic E-state index is 0.307. The fourth-order valence-electron chi connectivity index (χ4n) is 1.33. The van der Waals surface area contributed by atoms with Gasteiger partial charge in [0.2, 0.25) is 5.91 Å². The molecule has 1 heterocycles. The molecule has 0 aliphatic rings. The van der Waals surface area contributed by atoms with E-state index in [-0.39, 0.29) is 5.91 Å². The number of carbonyl (C=O) groups is 2. The van der Waals surface area contributed by atoms with E-state index in [9.17, 15) is 9.59 Å². The van der Waals surface area contributed by atoms with E-state index in [1.54, 1.807) is 44.6 Å². The Labute approximate surface area is 106 Å². The Morgan fingerprint density at radius 1 is 1.50 bits per heavy atom.